The summed E-state index contributed by atoms with van der Waals surface area (Å²) in [7, 11) is 0. The van der Waals surface area contributed by atoms with Gasteiger partial charge in [0.25, 0.3) is 0 Å². The molecule has 1 aliphatic rings. The highest BCUT2D eigenvalue weighted by Gasteiger charge is 2.25. The Hall–Kier alpha value is -2.63. The van der Waals surface area contributed by atoms with Crippen LogP contribution in [0.1, 0.15) is 24.0 Å². The standard InChI is InChI=1S/C18H22N4O2/c1-12-3-4-15(13(2)9-12)21-16-10-17(20-11-19-16)22-7-5-14(6-8-22)18(23)24/h3-4,9-11,14H,5-8H2,1-2H3,(H,23,24)(H,19,20,21). The number of rotatable bonds is 4. The molecule has 0 bridgehead atoms. The van der Waals surface area contributed by atoms with Crippen molar-refractivity contribution in [3.63, 3.8) is 0 Å². The van der Waals surface area contributed by atoms with E-state index in [4.69, 9.17) is 5.11 Å². The van der Waals surface area contributed by atoms with Crippen molar-refractivity contribution >= 4 is 23.3 Å². The van der Waals surface area contributed by atoms with Crippen molar-refractivity contribution in [1.82, 2.24) is 9.97 Å². The summed E-state index contributed by atoms with van der Waals surface area (Å²) in [4.78, 5) is 21.8. The molecule has 0 aliphatic carbocycles. The second-order valence-corrected chi connectivity index (χ2v) is 6.30. The van der Waals surface area contributed by atoms with Gasteiger partial charge in [0.05, 0.1) is 5.92 Å². The predicted octanol–water partition coefficient (Wildman–Crippen LogP) is 3.14. The number of anilines is 3. The Morgan fingerprint density at radius 2 is 1.96 bits per heavy atom. The lowest BCUT2D eigenvalue weighted by Crippen LogP contribution is -2.36. The number of carbonyl (C=O) groups is 1. The molecular formula is C18H22N4O2. The summed E-state index contributed by atoms with van der Waals surface area (Å²) in [6.07, 6.45) is 2.85. The number of aryl methyl sites for hydroxylation is 2. The molecule has 1 aromatic carbocycles. The van der Waals surface area contributed by atoms with Gasteiger partial charge in [-0.25, -0.2) is 9.97 Å². The maximum Gasteiger partial charge on any atom is 0.306 e. The monoisotopic (exact) mass is 326 g/mol. The third-order valence-corrected chi connectivity index (χ3v) is 4.47. The number of hydrogen-bond donors (Lipinski definition) is 2. The summed E-state index contributed by atoms with van der Waals surface area (Å²) >= 11 is 0. The molecule has 1 fully saturated rings. The first-order valence-electron chi connectivity index (χ1n) is 8.17. The topological polar surface area (TPSA) is 78.4 Å². The molecule has 24 heavy (non-hydrogen) atoms. The Bertz CT molecular complexity index is 740. The summed E-state index contributed by atoms with van der Waals surface area (Å²) < 4.78 is 0. The van der Waals surface area contributed by atoms with E-state index in [9.17, 15) is 4.79 Å². The molecule has 126 valence electrons. The number of piperidine rings is 1. The van der Waals surface area contributed by atoms with Gasteiger partial charge >= 0.3 is 5.97 Å². The summed E-state index contributed by atoms with van der Waals surface area (Å²) in [5.74, 6) is 0.638. The molecule has 0 spiro atoms. The van der Waals surface area contributed by atoms with E-state index in [1.807, 2.05) is 12.1 Å². The molecule has 3 rings (SSSR count). The molecule has 1 aliphatic heterocycles. The van der Waals surface area contributed by atoms with Gasteiger partial charge in [0, 0.05) is 24.8 Å². The van der Waals surface area contributed by atoms with Crippen molar-refractivity contribution < 1.29 is 9.90 Å². The van der Waals surface area contributed by atoms with Crippen LogP contribution >= 0.6 is 0 Å². The van der Waals surface area contributed by atoms with Crippen LogP contribution in [-0.2, 0) is 4.79 Å². The summed E-state index contributed by atoms with van der Waals surface area (Å²) in [5, 5.41) is 12.4. The number of benzene rings is 1. The molecule has 1 aromatic heterocycles. The van der Waals surface area contributed by atoms with Gasteiger partial charge in [-0.1, -0.05) is 17.7 Å². The molecule has 0 amide bonds. The smallest absolute Gasteiger partial charge is 0.306 e. The average Bonchev–Trinajstić information content (AvgIpc) is 2.58. The Morgan fingerprint density at radius 1 is 1.21 bits per heavy atom. The molecule has 2 N–H and O–H groups in total. The van der Waals surface area contributed by atoms with E-state index in [-0.39, 0.29) is 5.92 Å². The van der Waals surface area contributed by atoms with Crippen LogP contribution in [0.25, 0.3) is 0 Å². The highest BCUT2D eigenvalue weighted by Crippen LogP contribution is 2.25. The molecule has 0 radical (unpaired) electrons. The highest BCUT2D eigenvalue weighted by molar-refractivity contribution is 5.70. The van der Waals surface area contributed by atoms with Crippen molar-refractivity contribution in [2.75, 3.05) is 23.3 Å². The lowest BCUT2D eigenvalue weighted by molar-refractivity contribution is -0.142. The SMILES string of the molecule is Cc1ccc(Nc2cc(N3CCC(C(=O)O)CC3)ncn2)c(C)c1. The van der Waals surface area contributed by atoms with Gasteiger partial charge in [0.15, 0.2) is 0 Å². The average molecular weight is 326 g/mol. The van der Waals surface area contributed by atoms with Crippen molar-refractivity contribution in [1.29, 1.82) is 0 Å². The molecule has 0 saturated carbocycles. The van der Waals surface area contributed by atoms with E-state index in [1.165, 1.54) is 5.56 Å². The molecule has 2 heterocycles. The van der Waals surface area contributed by atoms with E-state index in [2.05, 4.69) is 46.2 Å². The predicted molar refractivity (Wildman–Crippen MR) is 93.8 cm³/mol. The van der Waals surface area contributed by atoms with Crippen LogP contribution in [0.2, 0.25) is 0 Å². The van der Waals surface area contributed by atoms with Gasteiger partial charge in [0.2, 0.25) is 0 Å². The van der Waals surface area contributed by atoms with E-state index >= 15 is 0 Å². The third kappa shape index (κ3) is 3.64. The first kappa shape index (κ1) is 16.2. The normalized spacial score (nSPS) is 15.3. The number of carboxylic acid groups (broad SMARTS) is 1. The third-order valence-electron chi connectivity index (χ3n) is 4.47. The van der Waals surface area contributed by atoms with Crippen LogP contribution in [0.15, 0.2) is 30.6 Å². The minimum atomic E-state index is -0.700. The number of aromatic nitrogens is 2. The number of hydrogen-bond acceptors (Lipinski definition) is 5. The van der Waals surface area contributed by atoms with Gasteiger partial charge in [0.1, 0.15) is 18.0 Å². The molecule has 6 nitrogen and oxygen atoms in total. The van der Waals surface area contributed by atoms with Gasteiger partial charge < -0.3 is 15.3 Å². The van der Waals surface area contributed by atoms with E-state index in [1.54, 1.807) is 6.33 Å². The van der Waals surface area contributed by atoms with Crippen LogP contribution in [0.4, 0.5) is 17.3 Å². The van der Waals surface area contributed by atoms with Crippen molar-refractivity contribution in [2.45, 2.75) is 26.7 Å². The zero-order chi connectivity index (χ0) is 17.1. The molecule has 0 unspecified atom stereocenters. The Labute approximate surface area is 141 Å². The van der Waals surface area contributed by atoms with Crippen LogP contribution in [0.3, 0.4) is 0 Å². The van der Waals surface area contributed by atoms with Gasteiger partial charge in [-0.15, -0.1) is 0 Å². The van der Waals surface area contributed by atoms with Crippen molar-refractivity contribution in [3.8, 4) is 0 Å². The van der Waals surface area contributed by atoms with E-state index in [0.29, 0.717) is 25.9 Å². The number of nitrogens with zero attached hydrogens (tertiary/aromatic N) is 3. The second kappa shape index (κ2) is 6.86. The fourth-order valence-corrected chi connectivity index (χ4v) is 3.04. The lowest BCUT2D eigenvalue weighted by atomic mass is 9.97. The van der Waals surface area contributed by atoms with Gasteiger partial charge in [-0.3, -0.25) is 4.79 Å². The van der Waals surface area contributed by atoms with Crippen LogP contribution < -0.4 is 10.2 Å². The fourth-order valence-electron chi connectivity index (χ4n) is 3.04. The molecule has 6 heteroatoms. The maximum absolute atomic E-state index is 11.1. The zero-order valence-corrected chi connectivity index (χ0v) is 14.0. The number of nitrogens with one attached hydrogen (secondary N) is 1. The van der Waals surface area contributed by atoms with Gasteiger partial charge in [-0.2, -0.15) is 0 Å². The summed E-state index contributed by atoms with van der Waals surface area (Å²) in [6.45, 7) is 5.54. The second-order valence-electron chi connectivity index (χ2n) is 6.30. The Balaban J connectivity index is 1.71. The Morgan fingerprint density at radius 3 is 2.62 bits per heavy atom. The fraction of sp³-hybridized carbons (Fsp3) is 0.389. The Kier molecular flexibility index (Phi) is 4.64. The summed E-state index contributed by atoms with van der Waals surface area (Å²) in [5.41, 5.74) is 3.41. The highest BCUT2D eigenvalue weighted by atomic mass is 16.4. The van der Waals surface area contributed by atoms with Gasteiger partial charge in [-0.05, 0) is 38.3 Å². The number of carboxylic acids is 1. The molecule has 0 atom stereocenters. The molecular weight excluding hydrogens is 304 g/mol. The van der Waals surface area contributed by atoms with Crippen LogP contribution in [-0.4, -0.2) is 34.1 Å². The minimum absolute atomic E-state index is 0.240. The van der Waals surface area contributed by atoms with Crippen LogP contribution in [0, 0.1) is 19.8 Å². The van der Waals surface area contributed by atoms with Crippen molar-refractivity contribution in [3.05, 3.63) is 41.7 Å². The van der Waals surface area contributed by atoms with Crippen LogP contribution in [0.5, 0.6) is 0 Å². The quantitative estimate of drug-likeness (QED) is 0.899. The van der Waals surface area contributed by atoms with E-state index < -0.39 is 5.97 Å². The first-order chi connectivity index (χ1) is 11.5. The van der Waals surface area contributed by atoms with Crippen molar-refractivity contribution in [2.24, 2.45) is 5.92 Å². The van der Waals surface area contributed by atoms with E-state index in [0.717, 1.165) is 22.9 Å². The zero-order valence-electron chi connectivity index (χ0n) is 14.0. The summed E-state index contributed by atoms with van der Waals surface area (Å²) in [6, 6.07) is 8.15. The molecule has 2 aromatic rings. The minimum Gasteiger partial charge on any atom is -0.481 e. The largest absolute Gasteiger partial charge is 0.481 e. The lowest BCUT2D eigenvalue weighted by Gasteiger charge is -2.31. The molecule has 1 saturated heterocycles. The number of aliphatic carboxylic acids is 1. The first-order valence-corrected chi connectivity index (χ1v) is 8.17. The maximum atomic E-state index is 11.1.